The van der Waals surface area contributed by atoms with E-state index in [1.54, 1.807) is 0 Å². The van der Waals surface area contributed by atoms with Crippen LogP contribution < -0.4 is 0 Å². The summed E-state index contributed by atoms with van der Waals surface area (Å²) in [6.45, 7) is 0. The summed E-state index contributed by atoms with van der Waals surface area (Å²) in [5, 5.41) is 5.77. The van der Waals surface area contributed by atoms with Gasteiger partial charge in [-0.2, -0.15) is 0 Å². The first-order valence-electron chi connectivity index (χ1n) is 16.1. The van der Waals surface area contributed by atoms with E-state index in [2.05, 4.69) is 103 Å². The van der Waals surface area contributed by atoms with E-state index in [1.807, 2.05) is 66.9 Å². The Kier molecular flexibility index (Phi) is 6.76. The molecule has 224 valence electrons. The molecule has 9 aromatic rings. The summed E-state index contributed by atoms with van der Waals surface area (Å²) in [6.07, 6.45) is 1.96. The topological polar surface area (TPSA) is 51.6 Å². The predicted molar refractivity (Wildman–Crippen MR) is 197 cm³/mol. The molecule has 7 aromatic carbocycles. The molecule has 0 aliphatic carbocycles. The van der Waals surface area contributed by atoms with Crippen LogP contribution in [0.4, 0.5) is 0 Å². The lowest BCUT2D eigenvalue weighted by Crippen LogP contribution is -2.00. The zero-order valence-electron chi connectivity index (χ0n) is 26.0. The van der Waals surface area contributed by atoms with Crippen molar-refractivity contribution < 1.29 is 0 Å². The van der Waals surface area contributed by atoms with E-state index in [4.69, 9.17) is 19.9 Å². The maximum absolute atomic E-state index is 5.02. The lowest BCUT2D eigenvalue weighted by molar-refractivity contribution is 1.08. The SMILES string of the molecule is c1ccc(-c2nc(-c3ccccc3)nc(-c3ccc(-c4cccc(-c5ccc6c(c5)ncc5ccccc56)c4)c4ccccc34)n2)cc1. The predicted octanol–water partition coefficient (Wildman–Crippen LogP) is 11.1. The molecular formula is C44H28N4. The number of aromatic nitrogens is 4. The largest absolute Gasteiger partial charge is 0.256 e. The van der Waals surface area contributed by atoms with Crippen LogP contribution in [-0.4, -0.2) is 19.9 Å². The fourth-order valence-electron chi connectivity index (χ4n) is 6.58. The number of nitrogens with zero attached hydrogens (tertiary/aromatic N) is 4. The van der Waals surface area contributed by atoms with Crippen LogP contribution in [-0.2, 0) is 0 Å². The van der Waals surface area contributed by atoms with Gasteiger partial charge < -0.3 is 0 Å². The van der Waals surface area contributed by atoms with Crippen LogP contribution in [0.2, 0.25) is 0 Å². The maximum Gasteiger partial charge on any atom is 0.164 e. The third-order valence-electron chi connectivity index (χ3n) is 8.96. The van der Waals surface area contributed by atoms with Gasteiger partial charge in [-0.15, -0.1) is 0 Å². The molecule has 0 radical (unpaired) electrons. The van der Waals surface area contributed by atoms with Crippen molar-refractivity contribution in [2.75, 3.05) is 0 Å². The van der Waals surface area contributed by atoms with Crippen LogP contribution in [0.15, 0.2) is 170 Å². The number of benzene rings is 7. The normalized spacial score (nSPS) is 11.3. The van der Waals surface area contributed by atoms with Crippen molar-refractivity contribution in [3.63, 3.8) is 0 Å². The summed E-state index contributed by atoms with van der Waals surface area (Å²) in [5.41, 5.74) is 8.45. The molecule has 0 saturated heterocycles. The maximum atomic E-state index is 5.02. The van der Waals surface area contributed by atoms with E-state index in [9.17, 15) is 0 Å². The fourth-order valence-corrected chi connectivity index (χ4v) is 6.58. The minimum absolute atomic E-state index is 0.649. The van der Waals surface area contributed by atoms with Crippen LogP contribution in [0.1, 0.15) is 0 Å². The molecule has 0 unspecified atom stereocenters. The quantitative estimate of drug-likeness (QED) is 0.181. The third kappa shape index (κ3) is 4.97. The molecule has 0 bridgehead atoms. The zero-order valence-corrected chi connectivity index (χ0v) is 26.0. The van der Waals surface area contributed by atoms with E-state index in [0.29, 0.717) is 17.5 Å². The Morgan fingerprint density at radius 3 is 1.58 bits per heavy atom. The second-order valence-corrected chi connectivity index (χ2v) is 11.9. The molecule has 48 heavy (non-hydrogen) atoms. The molecule has 9 rings (SSSR count). The lowest BCUT2D eigenvalue weighted by Gasteiger charge is -2.14. The monoisotopic (exact) mass is 612 g/mol. The van der Waals surface area contributed by atoms with Crippen LogP contribution >= 0.6 is 0 Å². The van der Waals surface area contributed by atoms with Crippen LogP contribution in [0.3, 0.4) is 0 Å². The number of pyridine rings is 1. The Morgan fingerprint density at radius 1 is 0.312 bits per heavy atom. The summed E-state index contributed by atoms with van der Waals surface area (Å²) >= 11 is 0. The van der Waals surface area contributed by atoms with E-state index in [0.717, 1.165) is 60.6 Å². The highest BCUT2D eigenvalue weighted by atomic mass is 15.0. The summed E-state index contributed by atoms with van der Waals surface area (Å²) in [5.74, 6) is 1.95. The highest BCUT2D eigenvalue weighted by molar-refractivity contribution is 6.07. The Balaban J connectivity index is 1.16. The molecule has 2 aromatic heterocycles. The van der Waals surface area contributed by atoms with Crippen molar-refractivity contribution in [2.24, 2.45) is 0 Å². The second-order valence-electron chi connectivity index (χ2n) is 11.9. The van der Waals surface area contributed by atoms with Crippen molar-refractivity contribution in [3.05, 3.63) is 170 Å². The Bertz CT molecular complexity index is 2560. The number of hydrogen-bond donors (Lipinski definition) is 0. The van der Waals surface area contributed by atoms with Gasteiger partial charge >= 0.3 is 0 Å². The van der Waals surface area contributed by atoms with Gasteiger partial charge in [-0.05, 0) is 56.6 Å². The van der Waals surface area contributed by atoms with E-state index >= 15 is 0 Å². The van der Waals surface area contributed by atoms with Gasteiger partial charge in [0.1, 0.15) is 0 Å². The van der Waals surface area contributed by atoms with Crippen molar-refractivity contribution in [2.45, 2.75) is 0 Å². The first-order valence-corrected chi connectivity index (χ1v) is 16.1. The van der Waals surface area contributed by atoms with Gasteiger partial charge in [0.2, 0.25) is 0 Å². The molecule has 4 nitrogen and oxygen atoms in total. The molecule has 0 amide bonds. The smallest absolute Gasteiger partial charge is 0.164 e. The van der Waals surface area contributed by atoms with Gasteiger partial charge in [-0.3, -0.25) is 4.98 Å². The third-order valence-corrected chi connectivity index (χ3v) is 8.96. The number of rotatable bonds is 5. The number of hydrogen-bond acceptors (Lipinski definition) is 4. The van der Waals surface area contributed by atoms with Crippen molar-refractivity contribution in [3.8, 4) is 56.4 Å². The first-order chi connectivity index (χ1) is 23.8. The molecule has 0 atom stereocenters. The van der Waals surface area contributed by atoms with Gasteiger partial charge in [0, 0.05) is 33.7 Å². The van der Waals surface area contributed by atoms with Gasteiger partial charge in [0.25, 0.3) is 0 Å². The Hall–Kier alpha value is -6.52. The molecular weight excluding hydrogens is 585 g/mol. The van der Waals surface area contributed by atoms with Crippen LogP contribution in [0, 0.1) is 0 Å². The molecule has 2 heterocycles. The molecule has 0 spiro atoms. The Labute approximate surface area is 278 Å². The molecule has 0 N–H and O–H groups in total. The highest BCUT2D eigenvalue weighted by Crippen LogP contribution is 2.37. The summed E-state index contributed by atoms with van der Waals surface area (Å²) in [6, 6.07) is 56.8. The molecule has 0 aliphatic rings. The van der Waals surface area contributed by atoms with Gasteiger partial charge in [0.15, 0.2) is 17.5 Å². The summed E-state index contributed by atoms with van der Waals surface area (Å²) in [4.78, 5) is 19.7. The van der Waals surface area contributed by atoms with Crippen LogP contribution in [0.5, 0.6) is 0 Å². The number of fused-ring (bicyclic) bond motifs is 4. The average Bonchev–Trinajstić information content (AvgIpc) is 3.17. The van der Waals surface area contributed by atoms with E-state index < -0.39 is 0 Å². The van der Waals surface area contributed by atoms with Crippen molar-refractivity contribution in [1.29, 1.82) is 0 Å². The minimum atomic E-state index is 0.649. The van der Waals surface area contributed by atoms with Gasteiger partial charge in [-0.25, -0.2) is 15.0 Å². The van der Waals surface area contributed by atoms with Crippen molar-refractivity contribution >= 4 is 32.4 Å². The van der Waals surface area contributed by atoms with Crippen LogP contribution in [0.25, 0.3) is 88.9 Å². The second kappa shape index (κ2) is 11.7. The highest BCUT2D eigenvalue weighted by Gasteiger charge is 2.16. The molecule has 0 aliphatic heterocycles. The molecule has 4 heteroatoms. The average molecular weight is 613 g/mol. The van der Waals surface area contributed by atoms with E-state index in [1.165, 1.54) is 10.8 Å². The fraction of sp³-hybridized carbons (Fsp3) is 0. The Morgan fingerprint density at radius 2 is 0.854 bits per heavy atom. The molecule has 0 saturated carbocycles. The van der Waals surface area contributed by atoms with E-state index in [-0.39, 0.29) is 0 Å². The zero-order chi connectivity index (χ0) is 31.9. The van der Waals surface area contributed by atoms with Crippen molar-refractivity contribution in [1.82, 2.24) is 19.9 Å². The summed E-state index contributed by atoms with van der Waals surface area (Å²) < 4.78 is 0. The van der Waals surface area contributed by atoms with Gasteiger partial charge in [-0.1, -0.05) is 146 Å². The minimum Gasteiger partial charge on any atom is -0.256 e. The molecule has 0 fully saturated rings. The lowest BCUT2D eigenvalue weighted by atomic mass is 9.92. The summed E-state index contributed by atoms with van der Waals surface area (Å²) in [7, 11) is 0. The van der Waals surface area contributed by atoms with Gasteiger partial charge in [0.05, 0.1) is 5.52 Å². The standard InChI is InChI=1S/C44H28N4/c1-3-12-29(13-4-1)42-46-43(30-14-5-2-6-15-30)48-44(47-42)40-25-24-36(37-20-9-10-21-38(37)40)33-18-11-17-31(26-33)32-22-23-39-35-19-8-7-16-34(35)28-45-41(39)27-32/h1-28H. The first kappa shape index (κ1) is 27.8.